The van der Waals surface area contributed by atoms with Crippen LogP contribution in [0, 0.1) is 46.7 Å². The largest absolute Gasteiger partial charge is 0.343 e. The molecule has 0 bridgehead atoms. The van der Waals surface area contributed by atoms with Gasteiger partial charge in [0.2, 0.25) is 0 Å². The lowest BCUT2D eigenvalue weighted by molar-refractivity contribution is 0.616. The van der Waals surface area contributed by atoms with Gasteiger partial charge in [-0.15, -0.1) is 0 Å². The Morgan fingerprint density at radius 1 is 1.21 bits per heavy atom. The van der Waals surface area contributed by atoms with Crippen molar-refractivity contribution >= 4 is 37.5 Å². The van der Waals surface area contributed by atoms with Crippen molar-refractivity contribution in [1.29, 1.82) is 15.8 Å². The SMILES string of the molecule is Cc1c(F)cc(Br)c(NC(C#N)=C(C#N)C#N)c1Br. The van der Waals surface area contributed by atoms with Gasteiger partial charge in [0, 0.05) is 14.5 Å². The highest BCUT2D eigenvalue weighted by atomic mass is 79.9. The fourth-order valence-electron chi connectivity index (χ4n) is 1.21. The average Bonchev–Trinajstić information content (AvgIpc) is 2.40. The van der Waals surface area contributed by atoms with E-state index in [9.17, 15) is 4.39 Å². The number of halogens is 3. The Morgan fingerprint density at radius 2 is 1.79 bits per heavy atom. The number of nitrogens with zero attached hydrogens (tertiary/aromatic N) is 3. The molecule has 0 amide bonds. The van der Waals surface area contributed by atoms with Crippen LogP contribution in [0.3, 0.4) is 0 Å². The van der Waals surface area contributed by atoms with Crippen molar-refractivity contribution < 1.29 is 4.39 Å². The molecule has 0 aliphatic rings. The number of hydrogen-bond acceptors (Lipinski definition) is 4. The summed E-state index contributed by atoms with van der Waals surface area (Å²) in [5, 5.41) is 29.1. The summed E-state index contributed by atoms with van der Waals surface area (Å²) in [5.74, 6) is -0.424. The Kier molecular flexibility index (Phi) is 5.06. The zero-order valence-electron chi connectivity index (χ0n) is 9.55. The van der Waals surface area contributed by atoms with Crippen molar-refractivity contribution in [1.82, 2.24) is 0 Å². The van der Waals surface area contributed by atoms with E-state index in [-0.39, 0.29) is 11.3 Å². The van der Waals surface area contributed by atoms with E-state index >= 15 is 0 Å². The van der Waals surface area contributed by atoms with Gasteiger partial charge in [-0.25, -0.2) is 4.39 Å². The number of rotatable bonds is 2. The van der Waals surface area contributed by atoms with Gasteiger partial charge in [0.05, 0.1) is 5.69 Å². The highest BCUT2D eigenvalue weighted by Gasteiger charge is 2.15. The molecule has 0 aliphatic carbocycles. The molecule has 0 saturated heterocycles. The van der Waals surface area contributed by atoms with Gasteiger partial charge in [-0.05, 0) is 44.8 Å². The lowest BCUT2D eigenvalue weighted by Crippen LogP contribution is -2.03. The molecule has 1 aromatic carbocycles. The van der Waals surface area contributed by atoms with Crippen LogP contribution in [0.2, 0.25) is 0 Å². The molecule has 0 heterocycles. The quantitative estimate of drug-likeness (QED) is 0.785. The van der Waals surface area contributed by atoms with E-state index in [4.69, 9.17) is 15.8 Å². The van der Waals surface area contributed by atoms with E-state index in [1.165, 1.54) is 6.07 Å². The Morgan fingerprint density at radius 3 is 2.26 bits per heavy atom. The predicted molar refractivity (Wildman–Crippen MR) is 74.0 cm³/mol. The third kappa shape index (κ3) is 3.12. The molecule has 0 aromatic heterocycles. The first-order chi connectivity index (χ1) is 8.96. The first-order valence-electron chi connectivity index (χ1n) is 4.82. The van der Waals surface area contributed by atoms with Gasteiger partial charge in [-0.3, -0.25) is 0 Å². The molecule has 19 heavy (non-hydrogen) atoms. The highest BCUT2D eigenvalue weighted by Crippen LogP contribution is 2.36. The summed E-state index contributed by atoms with van der Waals surface area (Å²) in [5.41, 5.74) is 0.178. The second kappa shape index (κ2) is 6.33. The topological polar surface area (TPSA) is 83.4 Å². The van der Waals surface area contributed by atoms with Crippen molar-refractivity contribution in [2.45, 2.75) is 6.92 Å². The maximum atomic E-state index is 13.5. The number of anilines is 1. The summed E-state index contributed by atoms with van der Waals surface area (Å²) in [6, 6.07) is 6.19. The van der Waals surface area contributed by atoms with Gasteiger partial charge in [0.25, 0.3) is 0 Å². The first-order valence-corrected chi connectivity index (χ1v) is 6.40. The second-order valence-electron chi connectivity index (χ2n) is 3.36. The maximum absolute atomic E-state index is 13.5. The van der Waals surface area contributed by atoms with E-state index in [1.54, 1.807) is 25.1 Å². The fraction of sp³-hybridized carbons (Fsp3) is 0.0833. The number of benzene rings is 1. The van der Waals surface area contributed by atoms with E-state index in [0.29, 0.717) is 20.2 Å². The van der Waals surface area contributed by atoms with Crippen LogP contribution in [0.4, 0.5) is 10.1 Å². The Bertz CT molecular complexity index is 674. The lowest BCUT2D eigenvalue weighted by Gasteiger charge is -2.12. The summed E-state index contributed by atoms with van der Waals surface area (Å²) in [7, 11) is 0. The standard InChI is InChI=1S/C12H5Br2FN4/c1-6-9(15)2-8(13)12(11(6)14)19-10(5-18)7(3-16)4-17/h2,19H,1H3. The molecule has 0 saturated carbocycles. The van der Waals surface area contributed by atoms with Crippen LogP contribution in [0.25, 0.3) is 0 Å². The van der Waals surface area contributed by atoms with Crippen molar-refractivity contribution in [3.63, 3.8) is 0 Å². The molecule has 1 N–H and O–H groups in total. The van der Waals surface area contributed by atoms with E-state index in [2.05, 4.69) is 37.2 Å². The van der Waals surface area contributed by atoms with Crippen molar-refractivity contribution in [3.8, 4) is 18.2 Å². The van der Waals surface area contributed by atoms with Gasteiger partial charge >= 0.3 is 0 Å². The smallest absolute Gasteiger partial charge is 0.163 e. The molecule has 0 fully saturated rings. The minimum Gasteiger partial charge on any atom is -0.343 e. The Labute approximate surface area is 126 Å². The van der Waals surface area contributed by atoms with Crippen molar-refractivity contribution in [2.24, 2.45) is 0 Å². The predicted octanol–water partition coefficient (Wildman–Crippen LogP) is 3.90. The molecule has 0 radical (unpaired) electrons. The van der Waals surface area contributed by atoms with Crippen molar-refractivity contribution in [3.05, 3.63) is 37.7 Å². The summed E-state index contributed by atoms with van der Waals surface area (Å²) < 4.78 is 14.2. The monoisotopic (exact) mass is 382 g/mol. The molecule has 1 aromatic rings. The number of nitriles is 3. The van der Waals surface area contributed by atoms with Gasteiger partial charge in [-0.1, -0.05) is 0 Å². The molecule has 0 spiro atoms. The molecule has 0 unspecified atom stereocenters. The molecule has 1 rings (SSSR count). The van der Waals surface area contributed by atoms with Crippen LogP contribution in [0.5, 0.6) is 0 Å². The van der Waals surface area contributed by atoms with Crippen LogP contribution in [0.1, 0.15) is 5.56 Å². The summed E-state index contributed by atoms with van der Waals surface area (Å²) in [4.78, 5) is 0. The minimum absolute atomic E-state index is 0.197. The molecular formula is C12H5Br2FN4. The maximum Gasteiger partial charge on any atom is 0.163 e. The molecule has 7 heteroatoms. The van der Waals surface area contributed by atoms with Gasteiger partial charge < -0.3 is 5.32 Å². The summed E-state index contributed by atoms with van der Waals surface area (Å²) in [6.07, 6.45) is 0. The molecule has 94 valence electrons. The molecular weight excluding hydrogens is 379 g/mol. The van der Waals surface area contributed by atoms with Gasteiger partial charge in [0.1, 0.15) is 29.7 Å². The average molecular weight is 384 g/mol. The first kappa shape index (κ1) is 15.2. The third-order valence-corrected chi connectivity index (χ3v) is 3.85. The number of nitrogens with one attached hydrogen (secondary N) is 1. The lowest BCUT2D eigenvalue weighted by atomic mass is 10.2. The van der Waals surface area contributed by atoms with Crippen molar-refractivity contribution in [2.75, 3.05) is 5.32 Å². The van der Waals surface area contributed by atoms with E-state index < -0.39 is 5.82 Å². The number of allylic oxidation sites excluding steroid dienone is 2. The van der Waals surface area contributed by atoms with Crippen LogP contribution in [0.15, 0.2) is 26.3 Å². The summed E-state index contributed by atoms with van der Waals surface area (Å²) in [6.45, 7) is 1.56. The van der Waals surface area contributed by atoms with Crippen LogP contribution >= 0.6 is 31.9 Å². The van der Waals surface area contributed by atoms with Gasteiger partial charge in [0.15, 0.2) is 5.57 Å². The second-order valence-corrected chi connectivity index (χ2v) is 5.01. The zero-order chi connectivity index (χ0) is 14.6. The summed E-state index contributed by atoms with van der Waals surface area (Å²) >= 11 is 6.35. The van der Waals surface area contributed by atoms with Crippen LogP contribution < -0.4 is 5.32 Å². The molecule has 0 atom stereocenters. The minimum atomic E-state index is -0.424. The van der Waals surface area contributed by atoms with E-state index in [0.717, 1.165) is 0 Å². The normalized spacial score (nSPS) is 8.89. The van der Waals surface area contributed by atoms with Crippen LogP contribution in [-0.4, -0.2) is 0 Å². The van der Waals surface area contributed by atoms with Gasteiger partial charge in [-0.2, -0.15) is 15.8 Å². The fourth-order valence-corrected chi connectivity index (χ4v) is 2.48. The number of hydrogen-bond donors (Lipinski definition) is 1. The third-order valence-electron chi connectivity index (χ3n) is 2.23. The molecule has 4 nitrogen and oxygen atoms in total. The zero-order valence-corrected chi connectivity index (χ0v) is 12.7. The Hall–Kier alpha value is -1.88. The van der Waals surface area contributed by atoms with E-state index in [1.807, 2.05) is 0 Å². The van der Waals surface area contributed by atoms with Crippen LogP contribution in [-0.2, 0) is 0 Å². The Balaban J connectivity index is 3.41. The highest BCUT2D eigenvalue weighted by molar-refractivity contribution is 9.11. The molecule has 0 aliphatic heterocycles.